The first kappa shape index (κ1) is 30.4. The molecule has 0 bridgehead atoms. The molecule has 7 heteroatoms. The summed E-state index contributed by atoms with van der Waals surface area (Å²) >= 11 is 0. The largest absolute Gasteiger partial charge is 0.414 e. The average molecular weight is 509 g/mol. The Balaban J connectivity index is 3.41. The fourth-order valence-corrected chi connectivity index (χ4v) is 4.93. The van der Waals surface area contributed by atoms with Crippen LogP contribution >= 0.6 is 0 Å². The van der Waals surface area contributed by atoms with Crippen LogP contribution in [-0.4, -0.2) is 60.8 Å². The molecule has 1 aliphatic rings. The molecule has 4 nitrogen and oxygen atoms in total. The lowest BCUT2D eigenvalue weighted by molar-refractivity contribution is -0.218. The summed E-state index contributed by atoms with van der Waals surface area (Å²) in [5, 5.41) is 11.3. The van der Waals surface area contributed by atoms with Crippen LogP contribution in [0.5, 0.6) is 0 Å². The van der Waals surface area contributed by atoms with Gasteiger partial charge in [0, 0.05) is 5.57 Å². The number of ether oxygens (including phenoxy) is 2. The highest BCUT2D eigenvalue weighted by Crippen LogP contribution is 2.37. The monoisotopic (exact) mass is 508 g/mol. The Morgan fingerprint density at radius 3 is 2.00 bits per heavy atom. The minimum absolute atomic E-state index is 0.0547. The molecule has 1 heterocycles. The van der Waals surface area contributed by atoms with Gasteiger partial charge >= 0.3 is 0 Å². The van der Waals surface area contributed by atoms with Gasteiger partial charge < -0.3 is 19.0 Å². The van der Waals surface area contributed by atoms with Crippen molar-refractivity contribution < 1.29 is 19.0 Å². The summed E-state index contributed by atoms with van der Waals surface area (Å²) in [6.45, 7) is 28.8. The van der Waals surface area contributed by atoms with Gasteiger partial charge in [0.2, 0.25) is 0 Å². The Labute approximate surface area is 207 Å². The third-order valence-corrected chi connectivity index (χ3v) is 11.9. The van der Waals surface area contributed by atoms with Crippen molar-refractivity contribution in [2.24, 2.45) is 5.92 Å². The van der Waals surface area contributed by atoms with E-state index < -0.39 is 42.8 Å². The van der Waals surface area contributed by atoms with Crippen molar-refractivity contribution in [3.8, 4) is 22.9 Å². The first-order valence-electron chi connectivity index (χ1n) is 12.1. The van der Waals surface area contributed by atoms with Crippen molar-refractivity contribution in [1.82, 2.24) is 0 Å². The molecule has 0 aromatic rings. The van der Waals surface area contributed by atoms with Crippen LogP contribution in [0.25, 0.3) is 0 Å². The summed E-state index contributed by atoms with van der Waals surface area (Å²) in [5.41, 5.74) is 7.62. The van der Waals surface area contributed by atoms with E-state index in [2.05, 4.69) is 96.1 Å². The standard InChI is InChI=1S/C26H48O4Si3/c1-20(2)29-25-24(23(27)15-17-32(9,10)11)21(14-16-31(6,7)8)18-22(30-25)19-28-33(12,13)26(3,4)5/h18,20,22-25,27H,19H2,1-13H3/t22-,23-,24-,25-/m0/s1. The average Bonchev–Trinajstić information content (AvgIpc) is 2.60. The van der Waals surface area contributed by atoms with Gasteiger partial charge in [0.15, 0.2) is 14.6 Å². The van der Waals surface area contributed by atoms with Crippen molar-refractivity contribution >= 4 is 24.5 Å². The summed E-state index contributed by atoms with van der Waals surface area (Å²) in [4.78, 5) is 0. The Hall–Kier alpha value is -0.649. The Kier molecular flexibility index (Phi) is 10.5. The highest BCUT2D eigenvalue weighted by Gasteiger charge is 2.41. The quantitative estimate of drug-likeness (QED) is 0.362. The van der Waals surface area contributed by atoms with Crippen LogP contribution in [0, 0.1) is 28.8 Å². The van der Waals surface area contributed by atoms with Crippen molar-refractivity contribution in [2.75, 3.05) is 6.61 Å². The molecular formula is C26H48O4Si3. The molecule has 33 heavy (non-hydrogen) atoms. The van der Waals surface area contributed by atoms with Gasteiger partial charge in [-0.05, 0) is 38.1 Å². The highest BCUT2D eigenvalue weighted by molar-refractivity contribution is 6.84. The Morgan fingerprint density at radius 1 is 1.00 bits per heavy atom. The maximum Gasteiger partial charge on any atom is 0.192 e. The van der Waals surface area contributed by atoms with Gasteiger partial charge in [0.25, 0.3) is 0 Å². The van der Waals surface area contributed by atoms with Gasteiger partial charge in [-0.25, -0.2) is 0 Å². The van der Waals surface area contributed by atoms with Gasteiger partial charge in [0.05, 0.1) is 18.6 Å². The number of hydrogen-bond acceptors (Lipinski definition) is 4. The van der Waals surface area contributed by atoms with Crippen LogP contribution in [0.2, 0.25) is 57.4 Å². The Bertz CT molecular complexity index is 805. The fraction of sp³-hybridized carbons (Fsp3) is 0.769. The van der Waals surface area contributed by atoms with Crippen LogP contribution < -0.4 is 0 Å². The SMILES string of the molecule is CC(C)O[C@H]1O[C@H](CO[Si](C)(C)C(C)(C)C)C=C(C#C[Si](C)(C)C)[C@H]1[C@@H](O)C#C[Si](C)(C)C. The van der Waals surface area contributed by atoms with Crippen LogP contribution in [-0.2, 0) is 13.9 Å². The lowest BCUT2D eigenvalue weighted by Gasteiger charge is -2.40. The maximum absolute atomic E-state index is 11.1. The molecule has 0 saturated carbocycles. The number of rotatable bonds is 6. The molecule has 0 saturated heterocycles. The second kappa shape index (κ2) is 11.4. The molecule has 0 amide bonds. The van der Waals surface area contributed by atoms with E-state index in [9.17, 15) is 5.11 Å². The second-order valence-electron chi connectivity index (χ2n) is 12.9. The molecule has 0 radical (unpaired) electrons. The Morgan fingerprint density at radius 2 is 1.55 bits per heavy atom. The van der Waals surface area contributed by atoms with E-state index in [4.69, 9.17) is 13.9 Å². The summed E-state index contributed by atoms with van der Waals surface area (Å²) in [6, 6.07) is 0. The van der Waals surface area contributed by atoms with E-state index in [0.717, 1.165) is 5.57 Å². The van der Waals surface area contributed by atoms with E-state index in [1.54, 1.807) is 0 Å². The molecule has 0 unspecified atom stereocenters. The number of aliphatic hydroxyl groups excluding tert-OH is 1. The molecule has 0 spiro atoms. The van der Waals surface area contributed by atoms with Crippen LogP contribution in [0.1, 0.15) is 34.6 Å². The molecular weight excluding hydrogens is 461 g/mol. The number of hydrogen-bond donors (Lipinski definition) is 1. The minimum atomic E-state index is -1.93. The number of aliphatic hydroxyl groups is 1. The van der Waals surface area contributed by atoms with E-state index in [1.165, 1.54) is 0 Å². The second-order valence-corrected chi connectivity index (χ2v) is 27.2. The maximum atomic E-state index is 11.1. The highest BCUT2D eigenvalue weighted by atomic mass is 28.4. The molecule has 0 aromatic carbocycles. The summed E-state index contributed by atoms with van der Waals surface area (Å²) in [7, 11) is -5.19. The van der Waals surface area contributed by atoms with E-state index in [0.29, 0.717) is 6.61 Å². The molecule has 0 aliphatic carbocycles. The lowest BCUT2D eigenvalue weighted by atomic mass is 9.89. The van der Waals surface area contributed by atoms with Gasteiger partial charge in [-0.1, -0.05) is 71.9 Å². The molecule has 1 rings (SSSR count). The first-order valence-corrected chi connectivity index (χ1v) is 22.0. The van der Waals surface area contributed by atoms with Gasteiger partial charge in [-0.2, -0.15) is 0 Å². The molecule has 1 N–H and O–H groups in total. The van der Waals surface area contributed by atoms with Gasteiger partial charge in [-0.15, -0.1) is 11.1 Å². The first-order chi connectivity index (χ1) is 14.7. The van der Waals surface area contributed by atoms with E-state index in [1.807, 2.05) is 19.9 Å². The summed E-state index contributed by atoms with van der Waals surface area (Å²) in [6.07, 6.45) is 0.179. The molecule has 4 atom stereocenters. The summed E-state index contributed by atoms with van der Waals surface area (Å²) in [5.74, 6) is 6.06. The third kappa shape index (κ3) is 10.7. The van der Waals surface area contributed by atoms with Crippen LogP contribution in [0.15, 0.2) is 11.6 Å². The molecule has 0 fully saturated rings. The van der Waals surface area contributed by atoms with Gasteiger partial charge in [0.1, 0.15) is 28.4 Å². The molecule has 188 valence electrons. The molecule has 1 aliphatic heterocycles. The van der Waals surface area contributed by atoms with Crippen LogP contribution in [0.3, 0.4) is 0 Å². The zero-order valence-electron chi connectivity index (χ0n) is 23.3. The normalized spacial score (nSPS) is 23.2. The van der Waals surface area contributed by atoms with Crippen molar-refractivity contribution in [1.29, 1.82) is 0 Å². The van der Waals surface area contributed by atoms with Crippen LogP contribution in [0.4, 0.5) is 0 Å². The van der Waals surface area contributed by atoms with Crippen molar-refractivity contribution in [2.45, 2.75) is 117 Å². The predicted molar refractivity (Wildman–Crippen MR) is 148 cm³/mol. The van der Waals surface area contributed by atoms with Crippen molar-refractivity contribution in [3.63, 3.8) is 0 Å². The van der Waals surface area contributed by atoms with Crippen molar-refractivity contribution in [3.05, 3.63) is 11.6 Å². The van der Waals surface area contributed by atoms with E-state index in [-0.39, 0.29) is 17.2 Å². The molecule has 0 aromatic heterocycles. The van der Waals surface area contributed by atoms with Gasteiger partial charge in [-0.3, -0.25) is 0 Å². The smallest absolute Gasteiger partial charge is 0.192 e. The minimum Gasteiger partial charge on any atom is -0.414 e. The summed E-state index contributed by atoms with van der Waals surface area (Å²) < 4.78 is 19.0. The predicted octanol–water partition coefficient (Wildman–Crippen LogP) is 5.82. The van der Waals surface area contributed by atoms with E-state index >= 15 is 0 Å². The zero-order valence-corrected chi connectivity index (χ0v) is 26.3. The fourth-order valence-electron chi connectivity index (χ4n) is 2.82. The lowest BCUT2D eigenvalue weighted by Crippen LogP contribution is -2.47. The third-order valence-electron chi connectivity index (χ3n) is 5.66. The zero-order chi connectivity index (χ0) is 25.8. The topological polar surface area (TPSA) is 47.9 Å².